The lowest BCUT2D eigenvalue weighted by molar-refractivity contribution is -0.130. The van der Waals surface area contributed by atoms with E-state index in [4.69, 9.17) is 4.74 Å². The predicted molar refractivity (Wildman–Crippen MR) is 77.2 cm³/mol. The number of carbonyl (C=O) groups is 1. The smallest absolute Gasteiger partial charge is 0.236 e. The first kappa shape index (κ1) is 16.4. The van der Waals surface area contributed by atoms with Crippen molar-refractivity contribution in [2.45, 2.75) is 38.8 Å². The standard InChI is InChI=1S/C14H29N3O2/c1-12(2)19-10-7-15-13-5-8-17(9-6-13)11-14(18)16(3)4/h12-13,15H,5-11H2,1-4H3. The van der Waals surface area contributed by atoms with Crippen molar-refractivity contribution >= 4 is 5.91 Å². The van der Waals surface area contributed by atoms with Crippen molar-refractivity contribution < 1.29 is 9.53 Å². The molecule has 19 heavy (non-hydrogen) atoms. The van der Waals surface area contributed by atoms with Crippen LogP contribution in [0, 0.1) is 0 Å². The zero-order chi connectivity index (χ0) is 14.3. The van der Waals surface area contributed by atoms with Crippen LogP contribution in [0.25, 0.3) is 0 Å². The van der Waals surface area contributed by atoms with Crippen LogP contribution < -0.4 is 5.32 Å². The van der Waals surface area contributed by atoms with Gasteiger partial charge in [0, 0.05) is 39.8 Å². The van der Waals surface area contributed by atoms with Crippen LogP contribution in [0.3, 0.4) is 0 Å². The predicted octanol–water partition coefficient (Wildman–Crippen LogP) is 0.554. The molecule has 0 bridgehead atoms. The zero-order valence-corrected chi connectivity index (χ0v) is 12.8. The van der Waals surface area contributed by atoms with Crippen LogP contribution in [0.15, 0.2) is 0 Å². The highest BCUT2D eigenvalue weighted by Crippen LogP contribution is 2.10. The number of nitrogens with one attached hydrogen (secondary N) is 1. The Morgan fingerprint density at radius 1 is 1.37 bits per heavy atom. The second-order valence-corrected chi connectivity index (χ2v) is 5.71. The number of ether oxygens (including phenoxy) is 1. The molecule has 1 fully saturated rings. The van der Waals surface area contributed by atoms with E-state index < -0.39 is 0 Å². The van der Waals surface area contributed by atoms with Gasteiger partial charge in [0.2, 0.25) is 5.91 Å². The van der Waals surface area contributed by atoms with Crippen molar-refractivity contribution in [3.63, 3.8) is 0 Å². The summed E-state index contributed by atoms with van der Waals surface area (Å²) in [6, 6.07) is 0.571. The van der Waals surface area contributed by atoms with Crippen LogP contribution in [-0.4, -0.2) is 74.7 Å². The molecular formula is C14H29N3O2. The van der Waals surface area contributed by atoms with Gasteiger partial charge in [-0.2, -0.15) is 0 Å². The minimum Gasteiger partial charge on any atom is -0.377 e. The molecule has 0 unspecified atom stereocenters. The van der Waals surface area contributed by atoms with E-state index in [-0.39, 0.29) is 5.91 Å². The molecule has 5 heteroatoms. The monoisotopic (exact) mass is 271 g/mol. The largest absolute Gasteiger partial charge is 0.377 e. The first-order valence-electron chi connectivity index (χ1n) is 7.26. The molecule has 0 aromatic carbocycles. The molecule has 1 saturated heterocycles. The molecular weight excluding hydrogens is 242 g/mol. The molecule has 1 amide bonds. The van der Waals surface area contributed by atoms with Crippen LogP contribution in [0.4, 0.5) is 0 Å². The normalized spacial score (nSPS) is 17.9. The van der Waals surface area contributed by atoms with Gasteiger partial charge in [0.05, 0.1) is 19.3 Å². The second-order valence-electron chi connectivity index (χ2n) is 5.71. The summed E-state index contributed by atoms with van der Waals surface area (Å²) in [5, 5.41) is 3.53. The number of hydrogen-bond donors (Lipinski definition) is 1. The molecule has 0 aromatic heterocycles. The van der Waals surface area contributed by atoms with Gasteiger partial charge in [0.15, 0.2) is 0 Å². The molecule has 1 N–H and O–H groups in total. The minimum atomic E-state index is 0.191. The van der Waals surface area contributed by atoms with E-state index >= 15 is 0 Å². The SMILES string of the molecule is CC(C)OCCNC1CCN(CC(=O)N(C)C)CC1. The fourth-order valence-corrected chi connectivity index (χ4v) is 2.19. The fourth-order valence-electron chi connectivity index (χ4n) is 2.19. The molecule has 1 aliphatic heterocycles. The van der Waals surface area contributed by atoms with Crippen LogP contribution in [0.1, 0.15) is 26.7 Å². The van der Waals surface area contributed by atoms with Crippen molar-refractivity contribution in [1.82, 2.24) is 15.1 Å². The molecule has 0 spiro atoms. The molecule has 0 aliphatic carbocycles. The Morgan fingerprint density at radius 3 is 2.53 bits per heavy atom. The maximum Gasteiger partial charge on any atom is 0.236 e. The molecule has 0 saturated carbocycles. The van der Waals surface area contributed by atoms with E-state index in [0.29, 0.717) is 18.7 Å². The van der Waals surface area contributed by atoms with Gasteiger partial charge >= 0.3 is 0 Å². The van der Waals surface area contributed by atoms with Crippen molar-refractivity contribution in [3.8, 4) is 0 Å². The Balaban J connectivity index is 2.10. The number of hydrogen-bond acceptors (Lipinski definition) is 4. The van der Waals surface area contributed by atoms with E-state index in [1.165, 1.54) is 0 Å². The highest BCUT2D eigenvalue weighted by molar-refractivity contribution is 5.77. The van der Waals surface area contributed by atoms with Crippen molar-refractivity contribution in [1.29, 1.82) is 0 Å². The molecule has 0 radical (unpaired) electrons. The summed E-state index contributed by atoms with van der Waals surface area (Å²) in [7, 11) is 3.62. The van der Waals surface area contributed by atoms with Crippen molar-refractivity contribution in [2.75, 3.05) is 46.9 Å². The van der Waals surface area contributed by atoms with Gasteiger partial charge in [0.1, 0.15) is 0 Å². The zero-order valence-electron chi connectivity index (χ0n) is 12.8. The number of rotatable bonds is 7. The molecule has 112 valence electrons. The Hall–Kier alpha value is -0.650. The Labute approximate surface area is 117 Å². The highest BCUT2D eigenvalue weighted by atomic mass is 16.5. The van der Waals surface area contributed by atoms with Crippen molar-refractivity contribution in [3.05, 3.63) is 0 Å². The number of likely N-dealkylation sites (tertiary alicyclic amines) is 1. The van der Waals surface area contributed by atoms with Crippen LogP contribution in [0.5, 0.6) is 0 Å². The summed E-state index contributed by atoms with van der Waals surface area (Å²) < 4.78 is 5.51. The average molecular weight is 271 g/mol. The summed E-state index contributed by atoms with van der Waals surface area (Å²) >= 11 is 0. The lowest BCUT2D eigenvalue weighted by Crippen LogP contribution is -2.46. The van der Waals surface area contributed by atoms with Gasteiger partial charge in [-0.05, 0) is 26.7 Å². The second kappa shape index (κ2) is 8.51. The molecule has 0 aromatic rings. The van der Waals surface area contributed by atoms with E-state index in [1.54, 1.807) is 4.90 Å². The summed E-state index contributed by atoms with van der Waals surface area (Å²) in [5.41, 5.74) is 0. The molecule has 1 heterocycles. The van der Waals surface area contributed by atoms with Crippen LogP contribution in [0.2, 0.25) is 0 Å². The summed E-state index contributed by atoms with van der Waals surface area (Å²) in [6.45, 7) is 8.36. The van der Waals surface area contributed by atoms with Crippen LogP contribution >= 0.6 is 0 Å². The van der Waals surface area contributed by atoms with E-state index in [0.717, 1.165) is 39.1 Å². The quantitative estimate of drug-likeness (QED) is 0.687. The fraction of sp³-hybridized carbons (Fsp3) is 0.929. The maximum atomic E-state index is 11.6. The average Bonchev–Trinajstić information content (AvgIpc) is 2.36. The summed E-state index contributed by atoms with van der Waals surface area (Å²) in [5.74, 6) is 0.191. The van der Waals surface area contributed by atoms with Gasteiger partial charge in [-0.3, -0.25) is 9.69 Å². The Bertz CT molecular complexity index is 261. The number of piperidine rings is 1. The first-order chi connectivity index (χ1) is 8.99. The van der Waals surface area contributed by atoms with Gasteiger partial charge in [-0.25, -0.2) is 0 Å². The lowest BCUT2D eigenvalue weighted by atomic mass is 10.1. The third-order valence-corrected chi connectivity index (χ3v) is 3.43. The van der Waals surface area contributed by atoms with Gasteiger partial charge in [0.25, 0.3) is 0 Å². The molecule has 0 atom stereocenters. The van der Waals surface area contributed by atoms with Gasteiger partial charge in [-0.1, -0.05) is 0 Å². The van der Waals surface area contributed by atoms with Crippen molar-refractivity contribution in [2.24, 2.45) is 0 Å². The van der Waals surface area contributed by atoms with Gasteiger partial charge in [-0.15, -0.1) is 0 Å². The van der Waals surface area contributed by atoms with Gasteiger partial charge < -0.3 is 15.0 Å². The molecule has 1 aliphatic rings. The number of amides is 1. The van der Waals surface area contributed by atoms with E-state index in [2.05, 4.69) is 24.1 Å². The third-order valence-electron chi connectivity index (χ3n) is 3.43. The summed E-state index contributed by atoms with van der Waals surface area (Å²) in [6.07, 6.45) is 2.53. The lowest BCUT2D eigenvalue weighted by Gasteiger charge is -2.32. The number of carbonyl (C=O) groups excluding carboxylic acids is 1. The molecule has 5 nitrogen and oxygen atoms in total. The van der Waals surface area contributed by atoms with E-state index in [1.807, 2.05) is 14.1 Å². The Morgan fingerprint density at radius 2 is 2.00 bits per heavy atom. The highest BCUT2D eigenvalue weighted by Gasteiger charge is 2.20. The van der Waals surface area contributed by atoms with Crippen LogP contribution in [-0.2, 0) is 9.53 Å². The number of nitrogens with zero attached hydrogens (tertiary/aromatic N) is 2. The Kier molecular flexibility index (Phi) is 7.34. The van der Waals surface area contributed by atoms with E-state index in [9.17, 15) is 4.79 Å². The molecule has 1 rings (SSSR count). The summed E-state index contributed by atoms with van der Waals surface area (Å²) in [4.78, 5) is 15.5. The number of likely N-dealkylation sites (N-methyl/N-ethyl adjacent to an activating group) is 1. The minimum absolute atomic E-state index is 0.191. The first-order valence-corrected chi connectivity index (χ1v) is 7.26. The topological polar surface area (TPSA) is 44.8 Å². The maximum absolute atomic E-state index is 11.6. The third kappa shape index (κ3) is 6.89.